The summed E-state index contributed by atoms with van der Waals surface area (Å²) in [5, 5.41) is 2.02. The highest BCUT2D eigenvalue weighted by molar-refractivity contribution is 6.34. The van der Waals surface area contributed by atoms with Gasteiger partial charge in [-0.05, 0) is 23.6 Å². The fraction of sp³-hybridized carbons (Fsp3) is 0.286. The standard InChI is InChI=1S/C14H12Cl2N2O2/c1-17-12-8-10-2-4-18-14(16)11(10)9-13(12)20-7-6-19-5-3-15/h2,4,8-9H,3,5-7H2. The molecule has 0 unspecified atom stereocenters. The summed E-state index contributed by atoms with van der Waals surface area (Å²) in [6.07, 6.45) is 1.61. The number of benzene rings is 1. The van der Waals surface area contributed by atoms with E-state index >= 15 is 0 Å². The third kappa shape index (κ3) is 3.51. The Hall–Kier alpha value is -1.54. The summed E-state index contributed by atoms with van der Waals surface area (Å²) < 4.78 is 10.8. The summed E-state index contributed by atoms with van der Waals surface area (Å²) in [4.78, 5) is 7.48. The van der Waals surface area contributed by atoms with E-state index in [0.29, 0.717) is 42.3 Å². The van der Waals surface area contributed by atoms with Gasteiger partial charge >= 0.3 is 0 Å². The highest BCUT2D eigenvalue weighted by Crippen LogP contribution is 2.34. The van der Waals surface area contributed by atoms with Crippen molar-refractivity contribution in [3.05, 3.63) is 41.0 Å². The first-order chi connectivity index (χ1) is 9.76. The molecule has 0 N–H and O–H groups in total. The Balaban J connectivity index is 2.19. The number of rotatable bonds is 6. The smallest absolute Gasteiger partial charge is 0.228 e. The lowest BCUT2D eigenvalue weighted by Gasteiger charge is -2.10. The maximum atomic E-state index is 7.21. The van der Waals surface area contributed by atoms with Crippen molar-refractivity contribution in [2.45, 2.75) is 0 Å². The Labute approximate surface area is 127 Å². The second-order valence-electron chi connectivity index (χ2n) is 3.90. The highest BCUT2D eigenvalue weighted by atomic mass is 35.5. The molecule has 0 aliphatic rings. The molecule has 0 fully saturated rings. The first kappa shape index (κ1) is 14.9. The molecule has 0 saturated carbocycles. The minimum atomic E-state index is 0.350. The van der Waals surface area contributed by atoms with Crippen LogP contribution < -0.4 is 4.74 Å². The summed E-state index contributed by atoms with van der Waals surface area (Å²) in [5.41, 5.74) is 0.442. The minimum Gasteiger partial charge on any atom is -0.502 e. The van der Waals surface area contributed by atoms with Gasteiger partial charge in [-0.1, -0.05) is 11.6 Å². The molecular weight excluding hydrogens is 299 g/mol. The van der Waals surface area contributed by atoms with E-state index in [9.17, 15) is 0 Å². The average Bonchev–Trinajstić information content (AvgIpc) is 2.47. The van der Waals surface area contributed by atoms with Crippen LogP contribution in [-0.2, 0) is 4.74 Å². The van der Waals surface area contributed by atoms with Gasteiger partial charge in [0.2, 0.25) is 5.69 Å². The van der Waals surface area contributed by atoms with Gasteiger partial charge in [-0.25, -0.2) is 9.83 Å². The molecule has 0 saturated heterocycles. The van der Waals surface area contributed by atoms with Crippen molar-refractivity contribution < 1.29 is 9.47 Å². The predicted molar refractivity (Wildman–Crippen MR) is 80.0 cm³/mol. The molecule has 1 aromatic heterocycles. The highest BCUT2D eigenvalue weighted by Gasteiger charge is 2.09. The molecule has 0 bridgehead atoms. The van der Waals surface area contributed by atoms with E-state index in [1.54, 1.807) is 18.3 Å². The molecule has 0 atom stereocenters. The van der Waals surface area contributed by atoms with Gasteiger partial charge in [-0.2, -0.15) is 0 Å². The number of hydrogen-bond acceptors (Lipinski definition) is 3. The van der Waals surface area contributed by atoms with Crippen LogP contribution in [0.5, 0.6) is 5.75 Å². The van der Waals surface area contributed by atoms with E-state index in [1.807, 2.05) is 6.07 Å². The first-order valence-electron chi connectivity index (χ1n) is 5.98. The van der Waals surface area contributed by atoms with Crippen molar-refractivity contribution in [1.29, 1.82) is 0 Å². The molecule has 0 spiro atoms. The number of pyridine rings is 1. The van der Waals surface area contributed by atoms with Crippen molar-refractivity contribution in [1.82, 2.24) is 4.98 Å². The van der Waals surface area contributed by atoms with Crippen molar-refractivity contribution >= 4 is 39.7 Å². The quantitative estimate of drug-likeness (QED) is 0.349. The van der Waals surface area contributed by atoms with Crippen LogP contribution in [0.4, 0.5) is 5.69 Å². The average molecular weight is 311 g/mol. The maximum Gasteiger partial charge on any atom is 0.228 e. The largest absolute Gasteiger partial charge is 0.502 e. The first-order valence-corrected chi connectivity index (χ1v) is 6.89. The molecule has 2 rings (SSSR count). The Morgan fingerprint density at radius 2 is 2.10 bits per heavy atom. The molecule has 0 aliphatic heterocycles. The predicted octanol–water partition coefficient (Wildman–Crippen LogP) is 4.07. The fourth-order valence-corrected chi connectivity index (χ4v) is 2.05. The van der Waals surface area contributed by atoms with Gasteiger partial charge in [-0.3, -0.25) is 0 Å². The van der Waals surface area contributed by atoms with Crippen LogP contribution in [0.2, 0.25) is 5.15 Å². The molecule has 0 aliphatic carbocycles. The van der Waals surface area contributed by atoms with Gasteiger partial charge in [-0.15, -0.1) is 11.6 Å². The molecule has 0 amide bonds. The number of hydrogen-bond donors (Lipinski definition) is 0. The SMILES string of the molecule is [C-]#[N+]c1cc2ccnc(Cl)c2cc1OCCOCCCl. The lowest BCUT2D eigenvalue weighted by Crippen LogP contribution is -2.08. The number of nitrogens with zero attached hydrogens (tertiary/aromatic N) is 2. The van der Waals surface area contributed by atoms with E-state index in [4.69, 9.17) is 39.2 Å². The Morgan fingerprint density at radius 1 is 1.25 bits per heavy atom. The lowest BCUT2D eigenvalue weighted by atomic mass is 10.1. The van der Waals surface area contributed by atoms with E-state index in [0.717, 1.165) is 10.8 Å². The Bertz CT molecular complexity index is 641. The molecule has 0 radical (unpaired) electrons. The number of ether oxygens (including phenoxy) is 2. The van der Waals surface area contributed by atoms with Gasteiger partial charge in [0.25, 0.3) is 0 Å². The lowest BCUT2D eigenvalue weighted by molar-refractivity contribution is 0.112. The molecule has 6 heteroatoms. The van der Waals surface area contributed by atoms with Gasteiger partial charge in [0.05, 0.1) is 19.8 Å². The zero-order valence-electron chi connectivity index (χ0n) is 10.6. The van der Waals surface area contributed by atoms with E-state index < -0.39 is 0 Å². The maximum absolute atomic E-state index is 7.21. The zero-order chi connectivity index (χ0) is 14.4. The zero-order valence-corrected chi connectivity index (χ0v) is 12.1. The summed E-state index contributed by atoms with van der Waals surface area (Å²) in [5.74, 6) is 0.932. The normalized spacial score (nSPS) is 10.4. The van der Waals surface area contributed by atoms with Crippen LogP contribution in [0, 0.1) is 6.57 Å². The summed E-state index contributed by atoms with van der Waals surface area (Å²) in [6.45, 7) is 8.46. The third-order valence-corrected chi connectivity index (χ3v) is 3.08. The van der Waals surface area contributed by atoms with Crippen LogP contribution in [0.3, 0.4) is 0 Å². The molecule has 104 valence electrons. The van der Waals surface area contributed by atoms with Crippen molar-refractivity contribution in [2.75, 3.05) is 25.7 Å². The summed E-state index contributed by atoms with van der Waals surface area (Å²) in [7, 11) is 0. The van der Waals surface area contributed by atoms with Gasteiger partial charge < -0.3 is 9.47 Å². The molecule has 1 heterocycles. The van der Waals surface area contributed by atoms with Gasteiger partial charge in [0, 0.05) is 17.5 Å². The van der Waals surface area contributed by atoms with E-state index in [2.05, 4.69) is 9.83 Å². The van der Waals surface area contributed by atoms with Crippen molar-refractivity contribution in [2.24, 2.45) is 0 Å². The molecular formula is C14H12Cl2N2O2. The number of fused-ring (bicyclic) bond motifs is 1. The topological polar surface area (TPSA) is 35.7 Å². The van der Waals surface area contributed by atoms with Crippen LogP contribution >= 0.6 is 23.2 Å². The third-order valence-electron chi connectivity index (χ3n) is 2.62. The number of aromatic nitrogens is 1. The second-order valence-corrected chi connectivity index (χ2v) is 4.64. The van der Waals surface area contributed by atoms with Crippen molar-refractivity contribution in [3.63, 3.8) is 0 Å². The van der Waals surface area contributed by atoms with Gasteiger partial charge in [0.1, 0.15) is 17.5 Å². The molecule has 20 heavy (non-hydrogen) atoms. The van der Waals surface area contributed by atoms with Crippen LogP contribution in [0.25, 0.3) is 15.6 Å². The Morgan fingerprint density at radius 3 is 2.85 bits per heavy atom. The molecule has 1 aromatic carbocycles. The van der Waals surface area contributed by atoms with Gasteiger partial charge in [0.15, 0.2) is 0 Å². The molecule has 4 nitrogen and oxygen atoms in total. The van der Waals surface area contributed by atoms with E-state index in [-0.39, 0.29) is 0 Å². The van der Waals surface area contributed by atoms with E-state index in [1.165, 1.54) is 0 Å². The fourth-order valence-electron chi connectivity index (χ4n) is 1.72. The number of alkyl halides is 1. The van der Waals surface area contributed by atoms with Crippen LogP contribution in [0.15, 0.2) is 24.4 Å². The molecule has 2 aromatic rings. The van der Waals surface area contributed by atoms with Crippen molar-refractivity contribution in [3.8, 4) is 5.75 Å². The number of halogens is 2. The summed E-state index contributed by atoms with van der Waals surface area (Å²) in [6, 6.07) is 5.29. The van der Waals surface area contributed by atoms with Crippen LogP contribution in [-0.4, -0.2) is 30.7 Å². The minimum absolute atomic E-state index is 0.350. The van der Waals surface area contributed by atoms with Crippen LogP contribution in [0.1, 0.15) is 0 Å². The summed E-state index contributed by atoms with van der Waals surface area (Å²) >= 11 is 11.5. The Kier molecular flexibility index (Phi) is 5.42. The second kappa shape index (κ2) is 7.30. The monoisotopic (exact) mass is 310 g/mol.